The van der Waals surface area contributed by atoms with Gasteiger partial charge in [-0.05, 0) is 28.8 Å². The van der Waals surface area contributed by atoms with Crippen molar-refractivity contribution in [3.63, 3.8) is 0 Å². The number of thioether (sulfide) groups is 1. The molecule has 2 aromatic carbocycles. The normalized spacial score (nSPS) is 24.2. The van der Waals surface area contributed by atoms with Crippen LogP contribution < -0.4 is 9.47 Å². The number of aliphatic imine (C=N–C) groups is 1. The largest absolute Gasteiger partial charge is 0.454 e. The molecule has 104 valence electrons. The molecule has 0 amide bonds. The number of ether oxygens (including phenoxy) is 2. The Balaban J connectivity index is 1.73. The minimum Gasteiger partial charge on any atom is -0.454 e. The molecule has 0 radical (unpaired) electrons. The number of fused-ring (bicyclic) bond motifs is 6. The predicted octanol–water partition coefficient (Wildman–Crippen LogP) is 3.45. The molecule has 2 atom stereocenters. The average molecular weight is 295 g/mol. The highest BCUT2D eigenvalue weighted by Crippen LogP contribution is 2.49. The zero-order valence-corrected chi connectivity index (χ0v) is 12.1. The molecule has 0 saturated carbocycles. The summed E-state index contributed by atoms with van der Waals surface area (Å²) in [4.78, 5) is 6.07. The maximum Gasteiger partial charge on any atom is 0.231 e. The fourth-order valence-corrected chi connectivity index (χ4v) is 4.55. The summed E-state index contributed by atoms with van der Waals surface area (Å²) in [5, 5.41) is 0. The van der Waals surface area contributed by atoms with Gasteiger partial charge in [-0.2, -0.15) is 0 Å². The molecule has 3 aliphatic heterocycles. The summed E-state index contributed by atoms with van der Waals surface area (Å²) in [5.41, 5.74) is 3.93. The molecule has 0 aromatic heterocycles. The SMILES string of the molecule is C1=N[C@@H]2CSc3cc4c(cc3[C@H]2c2ccccc21)OCO4. The fraction of sp³-hybridized carbons (Fsp3) is 0.235. The fourth-order valence-electron chi connectivity index (χ4n) is 3.38. The van der Waals surface area contributed by atoms with E-state index in [1.165, 1.54) is 21.6 Å². The van der Waals surface area contributed by atoms with Crippen LogP contribution in [0.3, 0.4) is 0 Å². The van der Waals surface area contributed by atoms with E-state index in [1.54, 1.807) is 0 Å². The third kappa shape index (κ3) is 1.65. The number of hydrogen-bond donors (Lipinski definition) is 0. The first-order chi connectivity index (χ1) is 10.4. The van der Waals surface area contributed by atoms with Gasteiger partial charge in [0.1, 0.15) is 0 Å². The third-order valence-corrected chi connectivity index (χ3v) is 5.54. The standard InChI is InChI=1S/C17H13NO2S/c1-2-4-11-10(3-1)7-18-13-8-21-16-6-15-14(19-9-20-15)5-12(16)17(11)13/h1-7,13,17H,8-9H2/t13-,17-/m1/s1. The van der Waals surface area contributed by atoms with E-state index >= 15 is 0 Å². The second-order valence-corrected chi connectivity index (χ2v) is 6.57. The highest BCUT2D eigenvalue weighted by molar-refractivity contribution is 7.99. The molecule has 0 spiro atoms. The number of benzene rings is 2. The Labute approximate surface area is 127 Å². The van der Waals surface area contributed by atoms with Crippen LogP contribution in [0.5, 0.6) is 11.5 Å². The average Bonchev–Trinajstić information content (AvgIpc) is 2.99. The lowest BCUT2D eigenvalue weighted by Gasteiger charge is -2.34. The third-order valence-electron chi connectivity index (χ3n) is 4.37. The van der Waals surface area contributed by atoms with Gasteiger partial charge in [0.05, 0.1) is 6.04 Å². The monoisotopic (exact) mass is 295 g/mol. The first-order valence-corrected chi connectivity index (χ1v) is 8.07. The molecule has 3 aliphatic rings. The van der Waals surface area contributed by atoms with Crippen LogP contribution in [0.15, 0.2) is 46.3 Å². The molecule has 0 unspecified atom stereocenters. The van der Waals surface area contributed by atoms with Crippen LogP contribution >= 0.6 is 11.8 Å². The van der Waals surface area contributed by atoms with E-state index in [4.69, 9.17) is 14.5 Å². The van der Waals surface area contributed by atoms with Gasteiger partial charge >= 0.3 is 0 Å². The van der Waals surface area contributed by atoms with Crippen molar-refractivity contribution in [2.75, 3.05) is 12.5 Å². The molecule has 21 heavy (non-hydrogen) atoms. The molecule has 4 heteroatoms. The van der Waals surface area contributed by atoms with Crippen molar-refractivity contribution >= 4 is 18.0 Å². The van der Waals surface area contributed by atoms with Gasteiger partial charge in [-0.3, -0.25) is 4.99 Å². The van der Waals surface area contributed by atoms with E-state index in [0.29, 0.717) is 18.8 Å². The maximum atomic E-state index is 5.56. The first-order valence-electron chi connectivity index (χ1n) is 7.08. The van der Waals surface area contributed by atoms with Crippen LogP contribution in [0.25, 0.3) is 0 Å². The van der Waals surface area contributed by atoms with E-state index < -0.39 is 0 Å². The Kier molecular flexibility index (Phi) is 2.38. The van der Waals surface area contributed by atoms with Gasteiger partial charge in [-0.25, -0.2) is 0 Å². The van der Waals surface area contributed by atoms with Crippen molar-refractivity contribution in [1.82, 2.24) is 0 Å². The van der Waals surface area contributed by atoms with E-state index in [1.807, 2.05) is 18.0 Å². The summed E-state index contributed by atoms with van der Waals surface area (Å²) < 4.78 is 11.1. The van der Waals surface area contributed by atoms with E-state index in [9.17, 15) is 0 Å². The molecule has 0 saturated heterocycles. The summed E-state index contributed by atoms with van der Waals surface area (Å²) in [6.07, 6.45) is 2.02. The maximum absolute atomic E-state index is 5.56. The summed E-state index contributed by atoms with van der Waals surface area (Å²) >= 11 is 1.87. The number of nitrogens with zero attached hydrogens (tertiary/aromatic N) is 1. The van der Waals surface area contributed by atoms with E-state index in [0.717, 1.165) is 17.3 Å². The topological polar surface area (TPSA) is 30.8 Å². The molecule has 0 aliphatic carbocycles. The lowest BCUT2D eigenvalue weighted by atomic mass is 9.81. The summed E-state index contributed by atoms with van der Waals surface area (Å²) in [5.74, 6) is 3.08. The van der Waals surface area contributed by atoms with E-state index in [2.05, 4.69) is 36.4 Å². The minimum atomic E-state index is 0.317. The quantitative estimate of drug-likeness (QED) is 0.746. The van der Waals surface area contributed by atoms with Crippen molar-refractivity contribution < 1.29 is 9.47 Å². The lowest BCUT2D eigenvalue weighted by Crippen LogP contribution is -2.28. The molecular formula is C17H13NO2S. The highest BCUT2D eigenvalue weighted by Gasteiger charge is 2.35. The first kappa shape index (κ1) is 11.7. The molecule has 0 fully saturated rings. The van der Waals surface area contributed by atoms with E-state index in [-0.39, 0.29) is 0 Å². The molecule has 2 aromatic rings. The zero-order valence-electron chi connectivity index (χ0n) is 11.3. The molecule has 3 heterocycles. The van der Waals surface area contributed by atoms with Crippen molar-refractivity contribution in [3.8, 4) is 11.5 Å². The Hall–Kier alpha value is -1.94. The minimum absolute atomic E-state index is 0.317. The van der Waals surface area contributed by atoms with Gasteiger partial charge < -0.3 is 9.47 Å². The summed E-state index contributed by atoms with van der Waals surface area (Å²) in [6, 6.07) is 13.1. The highest BCUT2D eigenvalue weighted by atomic mass is 32.2. The van der Waals surface area contributed by atoms with Gasteiger partial charge in [-0.1, -0.05) is 24.3 Å². The molecule has 5 rings (SSSR count). The molecule has 3 nitrogen and oxygen atoms in total. The Morgan fingerprint density at radius 3 is 2.86 bits per heavy atom. The van der Waals surface area contributed by atoms with Crippen LogP contribution in [0, 0.1) is 0 Å². The second kappa shape index (κ2) is 4.28. The van der Waals surface area contributed by atoms with Crippen molar-refractivity contribution in [1.29, 1.82) is 0 Å². The summed E-state index contributed by atoms with van der Waals surface area (Å²) in [7, 11) is 0. The van der Waals surface area contributed by atoms with Crippen molar-refractivity contribution in [3.05, 3.63) is 53.1 Å². The van der Waals surface area contributed by atoms with Crippen LogP contribution in [-0.2, 0) is 0 Å². The Morgan fingerprint density at radius 1 is 1.05 bits per heavy atom. The van der Waals surface area contributed by atoms with Crippen LogP contribution in [-0.4, -0.2) is 24.8 Å². The zero-order chi connectivity index (χ0) is 13.8. The Bertz CT molecular complexity index is 771. The number of rotatable bonds is 0. The predicted molar refractivity (Wildman–Crippen MR) is 83.0 cm³/mol. The van der Waals surface area contributed by atoms with Crippen molar-refractivity contribution in [2.24, 2.45) is 4.99 Å². The van der Waals surface area contributed by atoms with Gasteiger partial charge in [0, 0.05) is 22.8 Å². The van der Waals surface area contributed by atoms with Gasteiger partial charge in [-0.15, -0.1) is 11.8 Å². The van der Waals surface area contributed by atoms with Crippen LogP contribution in [0.4, 0.5) is 0 Å². The molecule has 0 N–H and O–H groups in total. The number of hydrogen-bond acceptors (Lipinski definition) is 4. The van der Waals surface area contributed by atoms with Crippen LogP contribution in [0.1, 0.15) is 22.6 Å². The van der Waals surface area contributed by atoms with Crippen LogP contribution in [0.2, 0.25) is 0 Å². The van der Waals surface area contributed by atoms with Crippen molar-refractivity contribution in [2.45, 2.75) is 16.9 Å². The molecular weight excluding hydrogens is 282 g/mol. The second-order valence-electron chi connectivity index (χ2n) is 5.51. The smallest absolute Gasteiger partial charge is 0.231 e. The molecule has 0 bridgehead atoms. The Morgan fingerprint density at radius 2 is 1.90 bits per heavy atom. The summed E-state index contributed by atoms with van der Waals surface area (Å²) in [6.45, 7) is 0.325. The van der Waals surface area contributed by atoms with Gasteiger partial charge in [0.25, 0.3) is 0 Å². The van der Waals surface area contributed by atoms with Gasteiger partial charge in [0.2, 0.25) is 6.79 Å². The van der Waals surface area contributed by atoms with Gasteiger partial charge in [0.15, 0.2) is 11.5 Å². The lowest BCUT2D eigenvalue weighted by molar-refractivity contribution is 0.174.